The van der Waals surface area contributed by atoms with Crippen LogP contribution in [0.15, 0.2) is 72.8 Å². The Bertz CT molecular complexity index is 838. The van der Waals surface area contributed by atoms with Crippen LogP contribution in [0.3, 0.4) is 0 Å². The van der Waals surface area contributed by atoms with Crippen molar-refractivity contribution < 1.29 is 0 Å². The van der Waals surface area contributed by atoms with Crippen molar-refractivity contribution in [3.63, 3.8) is 0 Å². The monoisotopic (exact) mass is 358 g/mol. The van der Waals surface area contributed by atoms with Gasteiger partial charge >= 0.3 is 143 Å². The van der Waals surface area contributed by atoms with Gasteiger partial charge in [0.1, 0.15) is 0 Å². The molecular formula is C22H19As. The second kappa shape index (κ2) is 5.87. The summed E-state index contributed by atoms with van der Waals surface area (Å²) in [5, 5.41) is 0. The SMILES string of the molecule is C[As](C)c1ccc(C=C2c3ccccc3-c3ccccc32)cc1. The van der Waals surface area contributed by atoms with Gasteiger partial charge in [-0.25, -0.2) is 0 Å². The summed E-state index contributed by atoms with van der Waals surface area (Å²) in [4.78, 5) is 0. The molecule has 3 aromatic rings. The molecule has 0 saturated carbocycles. The molecule has 0 radical (unpaired) electrons. The normalized spacial score (nSPS) is 12.2. The Morgan fingerprint density at radius 3 is 1.57 bits per heavy atom. The van der Waals surface area contributed by atoms with E-state index < -0.39 is 14.7 Å². The zero-order valence-corrected chi connectivity index (χ0v) is 15.3. The first-order valence-corrected chi connectivity index (χ1v) is 12.6. The molecule has 0 nitrogen and oxygen atoms in total. The van der Waals surface area contributed by atoms with E-state index in [1.807, 2.05) is 0 Å². The molecule has 112 valence electrons. The molecule has 0 spiro atoms. The quantitative estimate of drug-likeness (QED) is 0.431. The summed E-state index contributed by atoms with van der Waals surface area (Å²) in [6, 6.07) is 26.6. The van der Waals surface area contributed by atoms with E-state index in [4.69, 9.17) is 0 Å². The van der Waals surface area contributed by atoms with Crippen molar-refractivity contribution in [3.05, 3.63) is 89.5 Å². The molecule has 0 bridgehead atoms. The van der Waals surface area contributed by atoms with E-state index in [0.29, 0.717) is 0 Å². The predicted octanol–water partition coefficient (Wildman–Crippen LogP) is 5.22. The summed E-state index contributed by atoms with van der Waals surface area (Å²) in [7, 11) is 0. The maximum atomic E-state index is 2.38. The van der Waals surface area contributed by atoms with Crippen LogP contribution in [0.4, 0.5) is 0 Å². The molecule has 0 amide bonds. The van der Waals surface area contributed by atoms with Crippen molar-refractivity contribution >= 4 is 30.7 Å². The third-order valence-corrected chi connectivity index (χ3v) is 7.24. The van der Waals surface area contributed by atoms with Crippen LogP contribution < -0.4 is 4.35 Å². The number of fused-ring (bicyclic) bond motifs is 3. The van der Waals surface area contributed by atoms with Crippen molar-refractivity contribution in [2.24, 2.45) is 0 Å². The third kappa shape index (κ3) is 2.58. The molecule has 23 heavy (non-hydrogen) atoms. The molecule has 0 saturated heterocycles. The Kier molecular flexibility index (Phi) is 3.71. The standard InChI is InChI=1S/C22H19As/c1-23(2)17-13-11-16(12-14-17)15-22-20-9-5-3-7-18(20)19-8-4-6-10-21(19)22/h3-15H,1-2H3. The van der Waals surface area contributed by atoms with Crippen molar-refractivity contribution in [1.29, 1.82) is 0 Å². The van der Waals surface area contributed by atoms with Crippen LogP contribution in [0.2, 0.25) is 11.4 Å². The second-order valence-corrected chi connectivity index (χ2v) is 11.0. The summed E-state index contributed by atoms with van der Waals surface area (Å²) in [5.74, 6) is 0. The predicted molar refractivity (Wildman–Crippen MR) is 102 cm³/mol. The molecule has 0 atom stereocenters. The molecule has 0 aromatic heterocycles. The van der Waals surface area contributed by atoms with Crippen LogP contribution in [-0.4, -0.2) is 14.7 Å². The van der Waals surface area contributed by atoms with Gasteiger partial charge in [0.2, 0.25) is 0 Å². The Hall–Kier alpha value is -2.04. The Labute approximate surface area is 142 Å². The van der Waals surface area contributed by atoms with Gasteiger partial charge in [-0.2, -0.15) is 0 Å². The van der Waals surface area contributed by atoms with Crippen molar-refractivity contribution in [2.75, 3.05) is 0 Å². The molecule has 0 N–H and O–H groups in total. The van der Waals surface area contributed by atoms with E-state index in [-0.39, 0.29) is 0 Å². The molecule has 0 aliphatic heterocycles. The van der Waals surface area contributed by atoms with Crippen LogP contribution in [0.5, 0.6) is 0 Å². The van der Waals surface area contributed by atoms with Crippen LogP contribution in [0.25, 0.3) is 22.8 Å². The summed E-state index contributed by atoms with van der Waals surface area (Å²) in [6.45, 7) is 0. The first-order valence-electron chi connectivity index (χ1n) is 7.92. The van der Waals surface area contributed by atoms with Crippen LogP contribution in [-0.2, 0) is 0 Å². The van der Waals surface area contributed by atoms with Gasteiger partial charge in [-0.3, -0.25) is 0 Å². The molecule has 1 aliphatic rings. The minimum absolute atomic E-state index is 0.781. The summed E-state index contributed by atoms with van der Waals surface area (Å²) < 4.78 is 1.53. The van der Waals surface area contributed by atoms with Crippen LogP contribution in [0.1, 0.15) is 16.7 Å². The van der Waals surface area contributed by atoms with Gasteiger partial charge < -0.3 is 0 Å². The first-order chi connectivity index (χ1) is 11.2. The number of rotatable bonds is 2. The number of hydrogen-bond donors (Lipinski definition) is 0. The first kappa shape index (κ1) is 14.5. The molecule has 0 fully saturated rings. The van der Waals surface area contributed by atoms with E-state index in [2.05, 4.69) is 90.3 Å². The molecule has 1 aliphatic carbocycles. The summed E-state index contributed by atoms with van der Waals surface area (Å²) >= 11 is -0.781. The fraction of sp³-hybridized carbons (Fsp3) is 0.0909. The molecule has 0 heterocycles. The van der Waals surface area contributed by atoms with Crippen molar-refractivity contribution in [1.82, 2.24) is 0 Å². The topological polar surface area (TPSA) is 0 Å². The van der Waals surface area contributed by atoms with Crippen LogP contribution in [0, 0.1) is 0 Å². The zero-order valence-electron chi connectivity index (χ0n) is 13.5. The second-order valence-electron chi connectivity index (χ2n) is 6.14. The zero-order chi connectivity index (χ0) is 15.8. The van der Waals surface area contributed by atoms with E-state index in [1.165, 1.54) is 37.7 Å². The van der Waals surface area contributed by atoms with E-state index in [9.17, 15) is 0 Å². The Morgan fingerprint density at radius 2 is 1.09 bits per heavy atom. The van der Waals surface area contributed by atoms with E-state index in [0.717, 1.165) is 0 Å². The molecule has 4 rings (SSSR count). The molecule has 3 aromatic carbocycles. The average molecular weight is 358 g/mol. The Morgan fingerprint density at radius 1 is 0.609 bits per heavy atom. The summed E-state index contributed by atoms with van der Waals surface area (Å²) in [6.07, 6.45) is 2.33. The third-order valence-electron chi connectivity index (χ3n) is 4.45. The van der Waals surface area contributed by atoms with Crippen LogP contribution >= 0.6 is 0 Å². The van der Waals surface area contributed by atoms with Gasteiger partial charge in [-0.15, -0.1) is 0 Å². The number of benzene rings is 3. The van der Waals surface area contributed by atoms with Crippen molar-refractivity contribution in [3.8, 4) is 11.1 Å². The van der Waals surface area contributed by atoms with Gasteiger partial charge in [-0.05, 0) is 0 Å². The van der Waals surface area contributed by atoms with Gasteiger partial charge in [0.25, 0.3) is 0 Å². The average Bonchev–Trinajstić information content (AvgIpc) is 2.90. The molecule has 1 heteroatoms. The number of hydrogen-bond acceptors (Lipinski definition) is 0. The van der Waals surface area contributed by atoms with Gasteiger partial charge in [0.05, 0.1) is 0 Å². The van der Waals surface area contributed by atoms with Crippen molar-refractivity contribution in [2.45, 2.75) is 11.4 Å². The molecular weight excluding hydrogens is 339 g/mol. The Balaban J connectivity index is 1.85. The maximum absolute atomic E-state index is 2.38. The van der Waals surface area contributed by atoms with Gasteiger partial charge in [-0.1, -0.05) is 0 Å². The fourth-order valence-corrected chi connectivity index (χ4v) is 4.81. The van der Waals surface area contributed by atoms with Gasteiger partial charge in [0, 0.05) is 0 Å². The fourth-order valence-electron chi connectivity index (χ4n) is 3.24. The van der Waals surface area contributed by atoms with E-state index >= 15 is 0 Å². The summed E-state index contributed by atoms with van der Waals surface area (Å²) in [5.41, 5.74) is 12.8. The van der Waals surface area contributed by atoms with E-state index in [1.54, 1.807) is 0 Å². The molecule has 0 unspecified atom stereocenters. The minimum atomic E-state index is -0.781. The van der Waals surface area contributed by atoms with Gasteiger partial charge in [0.15, 0.2) is 0 Å².